The molecule has 1 aliphatic carbocycles. The number of hydrogen-bond donors (Lipinski definition) is 5. The third-order valence-corrected chi connectivity index (χ3v) is 9.99. The number of carbonyl (C=O) groups is 4. The lowest BCUT2D eigenvalue weighted by Gasteiger charge is -2.48. The molecule has 0 radical (unpaired) electrons. The number of para-hydroxylation sites is 1. The summed E-state index contributed by atoms with van der Waals surface area (Å²) in [5.41, 5.74) is 5.07. The summed E-state index contributed by atoms with van der Waals surface area (Å²) in [6.07, 6.45) is 3.57. The van der Waals surface area contributed by atoms with Crippen molar-refractivity contribution in [3.05, 3.63) is 78.0 Å². The predicted octanol–water partition coefficient (Wildman–Crippen LogP) is 3.40. The molecule has 4 amide bonds. The van der Waals surface area contributed by atoms with Gasteiger partial charge >= 0.3 is 0 Å². The fraction of sp³-hybridized carbons (Fsp3) is 0.500. The molecule has 0 spiro atoms. The zero-order chi connectivity index (χ0) is 35.3. The van der Waals surface area contributed by atoms with Gasteiger partial charge in [-0.25, -0.2) is 4.98 Å². The molecule has 11 nitrogen and oxygen atoms in total. The van der Waals surface area contributed by atoms with Crippen LogP contribution in [0.1, 0.15) is 82.3 Å². The Labute approximate surface area is 288 Å². The molecule has 2 unspecified atom stereocenters. The van der Waals surface area contributed by atoms with E-state index in [0.29, 0.717) is 35.9 Å². The topological polar surface area (TPSA) is 167 Å². The fourth-order valence-corrected chi connectivity index (χ4v) is 7.34. The minimum atomic E-state index is -1.37. The molecular weight excluding hydrogens is 620 g/mol. The van der Waals surface area contributed by atoms with Crippen LogP contribution >= 0.6 is 0 Å². The number of primary amides is 1. The molecule has 49 heavy (non-hydrogen) atoms. The second-order valence-electron chi connectivity index (χ2n) is 14.9. The van der Waals surface area contributed by atoms with Gasteiger partial charge in [0, 0.05) is 24.0 Å². The number of nitrogens with two attached hydrogens (primary N) is 1. The number of piperidine rings is 1. The smallest absolute Gasteiger partial charge is 0.270 e. The van der Waals surface area contributed by atoms with Crippen molar-refractivity contribution in [2.75, 3.05) is 13.1 Å². The first-order valence-corrected chi connectivity index (χ1v) is 17.3. The van der Waals surface area contributed by atoms with E-state index < -0.39 is 53.4 Å². The highest BCUT2D eigenvalue weighted by atomic mass is 16.3. The number of amides is 4. The lowest BCUT2D eigenvalue weighted by atomic mass is 9.72. The standard InChI is InChI=1S/C38H50N6O5/c1-37(2,3)42-36(49)31-20-25-13-8-9-14-26(25)22-44(31)23-32(45)38(4,27-15-6-5-7-16-27)43-35(48)30(21-33(39)46)41-34(47)29-19-18-24-12-10-11-17-28(24)40-29/h5-7,10-12,15-19,25-26,30-32,45H,8-9,13-14,20-23H2,1-4H3,(H2,39,46)(H,41,47)(H,42,49)(H,43,48)/t25?,26?,30-,31-,32+,38-/m0/s1. The summed E-state index contributed by atoms with van der Waals surface area (Å²) in [5.74, 6) is -1.30. The van der Waals surface area contributed by atoms with Crippen LogP contribution in [0.2, 0.25) is 0 Å². The molecular formula is C38H50N6O5. The van der Waals surface area contributed by atoms with E-state index in [0.717, 1.165) is 31.1 Å². The summed E-state index contributed by atoms with van der Waals surface area (Å²) < 4.78 is 0. The lowest BCUT2D eigenvalue weighted by molar-refractivity contribution is -0.134. The molecule has 6 atom stereocenters. The van der Waals surface area contributed by atoms with Crippen LogP contribution in [0.3, 0.4) is 0 Å². The number of likely N-dealkylation sites (tertiary alicyclic amines) is 1. The molecule has 2 aliphatic rings. The van der Waals surface area contributed by atoms with Gasteiger partial charge in [0.25, 0.3) is 5.91 Å². The van der Waals surface area contributed by atoms with Crippen LogP contribution in [0.5, 0.6) is 0 Å². The van der Waals surface area contributed by atoms with E-state index in [4.69, 9.17) is 5.73 Å². The van der Waals surface area contributed by atoms with Crippen molar-refractivity contribution in [1.82, 2.24) is 25.8 Å². The van der Waals surface area contributed by atoms with Crippen LogP contribution in [-0.2, 0) is 19.9 Å². The van der Waals surface area contributed by atoms with Gasteiger partial charge in [-0.05, 0) is 70.1 Å². The molecule has 1 aliphatic heterocycles. The van der Waals surface area contributed by atoms with Crippen LogP contribution in [-0.4, -0.2) is 75.4 Å². The maximum Gasteiger partial charge on any atom is 0.270 e. The van der Waals surface area contributed by atoms with E-state index in [1.54, 1.807) is 37.3 Å². The maximum atomic E-state index is 14.0. The Bertz CT molecular complexity index is 1660. The number of pyridine rings is 1. The number of aliphatic hydroxyl groups excluding tert-OH is 1. The van der Waals surface area contributed by atoms with E-state index in [9.17, 15) is 24.3 Å². The Kier molecular flexibility index (Phi) is 11.0. The van der Waals surface area contributed by atoms with Crippen molar-refractivity contribution in [2.24, 2.45) is 17.6 Å². The molecule has 1 aromatic heterocycles. The average Bonchev–Trinajstić information content (AvgIpc) is 3.06. The first-order chi connectivity index (χ1) is 23.2. The van der Waals surface area contributed by atoms with Gasteiger partial charge in [0.1, 0.15) is 11.7 Å². The second kappa shape index (κ2) is 15.0. The zero-order valence-corrected chi connectivity index (χ0v) is 28.9. The third kappa shape index (κ3) is 8.82. The van der Waals surface area contributed by atoms with Gasteiger partial charge in [0.05, 0.1) is 29.6 Å². The molecule has 2 heterocycles. The highest BCUT2D eigenvalue weighted by Crippen LogP contribution is 2.39. The second-order valence-corrected chi connectivity index (χ2v) is 14.9. The van der Waals surface area contributed by atoms with Crippen LogP contribution in [0, 0.1) is 11.8 Å². The number of benzene rings is 2. The van der Waals surface area contributed by atoms with Crippen LogP contribution in [0.15, 0.2) is 66.7 Å². The number of fused-ring (bicyclic) bond motifs is 2. The number of nitrogens with zero attached hydrogens (tertiary/aromatic N) is 2. The number of β-amino-alcohol motifs (C(OH)–C–C–N with tert-alkyl or cyclic N) is 1. The van der Waals surface area contributed by atoms with Crippen LogP contribution in [0.25, 0.3) is 10.9 Å². The van der Waals surface area contributed by atoms with Crippen molar-refractivity contribution in [1.29, 1.82) is 0 Å². The Hall–Kier alpha value is -4.35. The SMILES string of the molecule is CC(C)(C)NC(=O)[C@@H]1CC2CCCCC2CN1C[C@@H](O)[C@@](C)(NC(=O)[C@H](CC(N)=O)NC(=O)c1ccc2ccccc2n1)c1ccccc1. The summed E-state index contributed by atoms with van der Waals surface area (Å²) >= 11 is 0. The van der Waals surface area contributed by atoms with Crippen molar-refractivity contribution in [3.63, 3.8) is 0 Å². The first-order valence-electron chi connectivity index (χ1n) is 17.3. The van der Waals surface area contributed by atoms with Gasteiger partial charge in [-0.3, -0.25) is 24.1 Å². The van der Waals surface area contributed by atoms with Crippen molar-refractivity contribution in [2.45, 2.75) is 95.5 Å². The summed E-state index contributed by atoms with van der Waals surface area (Å²) in [4.78, 5) is 59.6. The molecule has 2 aromatic carbocycles. The van der Waals surface area contributed by atoms with Gasteiger partial charge < -0.3 is 26.8 Å². The van der Waals surface area contributed by atoms with Gasteiger partial charge in [-0.1, -0.05) is 73.9 Å². The Morgan fingerprint density at radius 2 is 1.59 bits per heavy atom. The number of aliphatic hydroxyl groups is 1. The summed E-state index contributed by atoms with van der Waals surface area (Å²) in [7, 11) is 0. The molecule has 1 saturated heterocycles. The van der Waals surface area contributed by atoms with Gasteiger partial charge in [0.2, 0.25) is 17.7 Å². The van der Waals surface area contributed by atoms with E-state index in [-0.39, 0.29) is 18.1 Å². The predicted molar refractivity (Wildman–Crippen MR) is 188 cm³/mol. The number of aromatic nitrogens is 1. The molecule has 3 aromatic rings. The highest BCUT2D eigenvalue weighted by Gasteiger charge is 2.45. The monoisotopic (exact) mass is 670 g/mol. The van der Waals surface area contributed by atoms with Crippen molar-refractivity contribution >= 4 is 34.5 Å². The molecule has 0 bridgehead atoms. The van der Waals surface area contributed by atoms with E-state index in [1.807, 2.05) is 57.2 Å². The first kappa shape index (κ1) is 35.9. The average molecular weight is 671 g/mol. The van der Waals surface area contributed by atoms with Gasteiger partial charge in [-0.2, -0.15) is 0 Å². The lowest BCUT2D eigenvalue weighted by Crippen LogP contribution is -2.63. The minimum Gasteiger partial charge on any atom is -0.389 e. The normalized spacial score (nSPS) is 22.2. The van der Waals surface area contributed by atoms with Gasteiger partial charge in [-0.15, -0.1) is 0 Å². The summed E-state index contributed by atoms with van der Waals surface area (Å²) in [6.45, 7) is 8.37. The quantitative estimate of drug-likeness (QED) is 0.209. The maximum absolute atomic E-state index is 14.0. The zero-order valence-electron chi connectivity index (χ0n) is 28.9. The number of rotatable bonds is 11. The highest BCUT2D eigenvalue weighted by molar-refractivity contribution is 5.99. The fourth-order valence-electron chi connectivity index (χ4n) is 7.34. The van der Waals surface area contributed by atoms with E-state index in [2.05, 4.69) is 25.8 Å². The minimum absolute atomic E-state index is 0.0688. The molecule has 11 heteroatoms. The number of carbonyl (C=O) groups excluding carboxylic acids is 4. The Morgan fingerprint density at radius 3 is 2.29 bits per heavy atom. The Balaban J connectivity index is 1.40. The number of hydrogen-bond acceptors (Lipinski definition) is 7. The van der Waals surface area contributed by atoms with Gasteiger partial charge in [0.15, 0.2) is 0 Å². The Morgan fingerprint density at radius 1 is 0.918 bits per heavy atom. The van der Waals surface area contributed by atoms with E-state index >= 15 is 0 Å². The molecule has 6 N–H and O–H groups in total. The van der Waals surface area contributed by atoms with E-state index in [1.165, 1.54) is 0 Å². The summed E-state index contributed by atoms with van der Waals surface area (Å²) in [5, 5.41) is 21.7. The summed E-state index contributed by atoms with van der Waals surface area (Å²) in [6, 6.07) is 18.0. The number of nitrogens with one attached hydrogen (secondary N) is 3. The molecule has 1 saturated carbocycles. The van der Waals surface area contributed by atoms with Crippen molar-refractivity contribution in [3.8, 4) is 0 Å². The largest absolute Gasteiger partial charge is 0.389 e. The van der Waals surface area contributed by atoms with Crippen molar-refractivity contribution < 1.29 is 24.3 Å². The molecule has 5 rings (SSSR count). The third-order valence-electron chi connectivity index (χ3n) is 9.99. The van der Waals surface area contributed by atoms with Crippen LogP contribution in [0.4, 0.5) is 0 Å². The van der Waals surface area contributed by atoms with Crippen LogP contribution < -0.4 is 21.7 Å². The molecule has 2 fully saturated rings. The molecule has 262 valence electrons.